The molecule has 2 rings (SSSR count). The minimum absolute atomic E-state index is 0.0802. The third kappa shape index (κ3) is 3.11. The first-order chi connectivity index (χ1) is 9.93. The second-order valence-electron chi connectivity index (χ2n) is 4.75. The Bertz CT molecular complexity index is 622. The summed E-state index contributed by atoms with van der Waals surface area (Å²) in [5.41, 5.74) is 2.38. The van der Waals surface area contributed by atoms with Gasteiger partial charge in [0.1, 0.15) is 12.2 Å². The van der Waals surface area contributed by atoms with Crippen LogP contribution in [-0.4, -0.2) is 47.5 Å². The second kappa shape index (κ2) is 6.05. The van der Waals surface area contributed by atoms with E-state index in [1.54, 1.807) is 13.1 Å². The van der Waals surface area contributed by atoms with Crippen molar-refractivity contribution in [2.75, 3.05) is 20.7 Å². The van der Waals surface area contributed by atoms with Crippen LogP contribution in [0.3, 0.4) is 0 Å². The lowest BCUT2D eigenvalue weighted by atomic mass is 10.1. The van der Waals surface area contributed by atoms with Crippen molar-refractivity contribution < 1.29 is 14.3 Å². The van der Waals surface area contributed by atoms with E-state index < -0.39 is 5.97 Å². The quantitative estimate of drug-likeness (QED) is 0.482. The van der Waals surface area contributed by atoms with Gasteiger partial charge in [-0.2, -0.15) is 0 Å². The fourth-order valence-corrected chi connectivity index (χ4v) is 2.21. The highest BCUT2D eigenvalue weighted by Crippen LogP contribution is 2.22. The minimum Gasteiger partial charge on any atom is -0.468 e. The number of rotatable bonds is 3. The minimum atomic E-state index is -0.449. The number of nitrogens with zero attached hydrogens (tertiary/aromatic N) is 2. The molecule has 1 amide bonds. The lowest BCUT2D eigenvalue weighted by Gasteiger charge is -2.16. The topological polar surface area (TPSA) is 49.9 Å². The van der Waals surface area contributed by atoms with E-state index in [0.717, 1.165) is 11.1 Å². The van der Waals surface area contributed by atoms with Gasteiger partial charge in [-0.3, -0.25) is 14.5 Å². The molecular weight excluding hydrogens is 288 g/mol. The van der Waals surface area contributed by atoms with Crippen molar-refractivity contribution in [1.29, 1.82) is 0 Å². The molecule has 0 aliphatic carbocycles. The summed E-state index contributed by atoms with van der Waals surface area (Å²) in [6, 6.07) is 7.73. The van der Waals surface area contributed by atoms with Crippen molar-refractivity contribution in [3.05, 3.63) is 41.1 Å². The number of thiocarbonyl (C=S) groups is 1. The number of esters is 1. The van der Waals surface area contributed by atoms with Gasteiger partial charge in [-0.1, -0.05) is 29.8 Å². The van der Waals surface area contributed by atoms with Crippen molar-refractivity contribution in [2.45, 2.75) is 6.92 Å². The standard InChI is InChI=1S/C15H16N2O3S/c1-10-4-6-11(7-5-10)8-12-14(19)16(2)15(21)17(12)9-13(18)20-3/h4-8H,9H2,1-3H3. The summed E-state index contributed by atoms with van der Waals surface area (Å²) in [6.45, 7) is 1.91. The molecule has 1 aromatic rings. The normalized spacial score (nSPS) is 16.8. The van der Waals surface area contributed by atoms with Crippen molar-refractivity contribution in [3.63, 3.8) is 0 Å². The number of hydrogen-bond donors (Lipinski definition) is 0. The Hall–Kier alpha value is -2.21. The molecule has 1 aliphatic heterocycles. The monoisotopic (exact) mass is 304 g/mol. The Kier molecular flexibility index (Phi) is 4.37. The average molecular weight is 304 g/mol. The lowest BCUT2D eigenvalue weighted by Crippen LogP contribution is -2.33. The van der Waals surface area contributed by atoms with E-state index in [9.17, 15) is 9.59 Å². The number of carbonyl (C=O) groups excluding carboxylic acids is 2. The van der Waals surface area contributed by atoms with Crippen LogP contribution in [0.25, 0.3) is 6.08 Å². The van der Waals surface area contributed by atoms with E-state index >= 15 is 0 Å². The molecule has 1 heterocycles. The van der Waals surface area contributed by atoms with Gasteiger partial charge in [0.25, 0.3) is 5.91 Å². The first kappa shape index (κ1) is 15.2. The van der Waals surface area contributed by atoms with Gasteiger partial charge < -0.3 is 9.64 Å². The molecule has 0 radical (unpaired) electrons. The maximum absolute atomic E-state index is 12.2. The molecule has 1 fully saturated rings. The molecule has 0 saturated carbocycles. The number of likely N-dealkylation sites (N-methyl/N-ethyl adjacent to an activating group) is 1. The molecule has 1 aromatic carbocycles. The van der Waals surface area contributed by atoms with Crippen LogP contribution in [0.5, 0.6) is 0 Å². The number of benzene rings is 1. The summed E-state index contributed by atoms with van der Waals surface area (Å²) in [5, 5.41) is 0.295. The predicted molar refractivity (Wildman–Crippen MR) is 83.2 cm³/mol. The van der Waals surface area contributed by atoms with Crippen LogP contribution >= 0.6 is 12.2 Å². The van der Waals surface area contributed by atoms with Crippen LogP contribution in [0.15, 0.2) is 30.0 Å². The first-order valence-electron chi connectivity index (χ1n) is 6.38. The molecule has 21 heavy (non-hydrogen) atoms. The van der Waals surface area contributed by atoms with Crippen LogP contribution in [0.4, 0.5) is 0 Å². The summed E-state index contributed by atoms with van der Waals surface area (Å²) >= 11 is 5.20. The van der Waals surface area contributed by atoms with Gasteiger partial charge in [0.2, 0.25) is 0 Å². The fraction of sp³-hybridized carbons (Fsp3) is 0.267. The van der Waals surface area contributed by atoms with Gasteiger partial charge >= 0.3 is 5.97 Å². The molecule has 1 aliphatic rings. The Morgan fingerprint density at radius 1 is 1.33 bits per heavy atom. The van der Waals surface area contributed by atoms with Gasteiger partial charge in [-0.15, -0.1) is 0 Å². The van der Waals surface area contributed by atoms with E-state index in [1.807, 2.05) is 31.2 Å². The molecule has 5 nitrogen and oxygen atoms in total. The highest BCUT2D eigenvalue weighted by Gasteiger charge is 2.36. The zero-order valence-electron chi connectivity index (χ0n) is 12.1. The molecule has 0 unspecified atom stereocenters. The molecule has 0 N–H and O–H groups in total. The Morgan fingerprint density at radius 3 is 2.52 bits per heavy atom. The van der Waals surface area contributed by atoms with Crippen molar-refractivity contribution in [3.8, 4) is 0 Å². The molecule has 0 spiro atoms. The number of ether oxygens (including phenoxy) is 1. The van der Waals surface area contributed by atoms with Gasteiger partial charge in [0.05, 0.1) is 7.11 Å². The van der Waals surface area contributed by atoms with Crippen LogP contribution in [0.1, 0.15) is 11.1 Å². The molecule has 1 saturated heterocycles. The number of aryl methyl sites for hydroxylation is 1. The van der Waals surface area contributed by atoms with Crippen LogP contribution in [-0.2, 0) is 14.3 Å². The molecule has 0 atom stereocenters. The average Bonchev–Trinajstić information content (AvgIpc) is 2.67. The first-order valence-corrected chi connectivity index (χ1v) is 6.79. The summed E-state index contributed by atoms with van der Waals surface area (Å²) in [5.74, 6) is -0.681. The van der Waals surface area contributed by atoms with Crippen molar-refractivity contribution >= 4 is 35.3 Å². The number of carbonyl (C=O) groups is 2. The zero-order chi connectivity index (χ0) is 15.6. The maximum Gasteiger partial charge on any atom is 0.325 e. The van der Waals surface area contributed by atoms with Crippen molar-refractivity contribution in [1.82, 2.24) is 9.80 Å². The molecular formula is C15H16N2O3S. The summed E-state index contributed by atoms with van der Waals surface area (Å²) in [7, 11) is 2.89. The predicted octanol–water partition coefficient (Wildman–Crippen LogP) is 1.57. The van der Waals surface area contributed by atoms with E-state index in [2.05, 4.69) is 4.74 Å². The second-order valence-corrected chi connectivity index (χ2v) is 5.11. The number of methoxy groups -OCH3 is 1. The van der Waals surface area contributed by atoms with E-state index in [0.29, 0.717) is 10.8 Å². The largest absolute Gasteiger partial charge is 0.468 e. The Balaban J connectivity index is 2.37. The highest BCUT2D eigenvalue weighted by atomic mass is 32.1. The van der Waals surface area contributed by atoms with E-state index in [-0.39, 0.29) is 12.5 Å². The summed E-state index contributed by atoms with van der Waals surface area (Å²) in [6.07, 6.45) is 1.72. The number of hydrogen-bond acceptors (Lipinski definition) is 4. The Morgan fingerprint density at radius 2 is 1.95 bits per heavy atom. The molecule has 0 bridgehead atoms. The highest BCUT2D eigenvalue weighted by molar-refractivity contribution is 7.80. The van der Waals surface area contributed by atoms with Gasteiger partial charge in [-0.25, -0.2) is 0 Å². The van der Waals surface area contributed by atoms with Crippen molar-refractivity contribution in [2.24, 2.45) is 0 Å². The molecule has 6 heteroatoms. The van der Waals surface area contributed by atoms with Crippen LogP contribution in [0, 0.1) is 6.92 Å². The third-order valence-corrected chi connectivity index (χ3v) is 3.72. The maximum atomic E-state index is 12.2. The van der Waals surface area contributed by atoms with Gasteiger partial charge in [0.15, 0.2) is 5.11 Å². The van der Waals surface area contributed by atoms with Gasteiger partial charge in [0, 0.05) is 7.05 Å². The van der Waals surface area contributed by atoms with E-state index in [4.69, 9.17) is 12.2 Å². The zero-order valence-corrected chi connectivity index (χ0v) is 12.9. The summed E-state index contributed by atoms with van der Waals surface area (Å²) in [4.78, 5) is 26.6. The molecule has 0 aromatic heterocycles. The smallest absolute Gasteiger partial charge is 0.325 e. The third-order valence-electron chi connectivity index (χ3n) is 3.23. The lowest BCUT2D eigenvalue weighted by molar-refractivity contribution is -0.140. The fourth-order valence-electron chi connectivity index (χ4n) is 1.96. The SMILES string of the molecule is COC(=O)CN1C(=S)N(C)C(=O)C1=Cc1ccc(C)cc1. The molecule has 110 valence electrons. The van der Waals surface area contributed by atoms with Gasteiger partial charge in [-0.05, 0) is 30.8 Å². The van der Waals surface area contributed by atoms with E-state index in [1.165, 1.54) is 16.9 Å². The van der Waals surface area contributed by atoms with Crippen LogP contribution in [0.2, 0.25) is 0 Å². The Labute approximate surface area is 128 Å². The summed E-state index contributed by atoms with van der Waals surface area (Å²) < 4.78 is 4.65. The van der Waals surface area contributed by atoms with Crippen LogP contribution < -0.4 is 0 Å². The number of amides is 1.